The molecule has 0 aliphatic carbocycles. The highest BCUT2D eigenvalue weighted by molar-refractivity contribution is 7.89. The zero-order valence-corrected chi connectivity index (χ0v) is 16.2. The summed E-state index contributed by atoms with van der Waals surface area (Å²) in [4.78, 5) is 24.4. The predicted molar refractivity (Wildman–Crippen MR) is 104 cm³/mol. The fourth-order valence-electron chi connectivity index (χ4n) is 3.11. The van der Waals surface area contributed by atoms with E-state index in [9.17, 15) is 23.3 Å². The monoisotopic (exact) mass is 403 g/mol. The average Bonchev–Trinajstić information content (AvgIpc) is 2.68. The standard InChI is InChI=1S/C19H21N3O5S/c1-14-2-4-15(5-3-14)19(23)21-12-10-16(11-13-21)20-28(26,27)18-8-6-17(7-9-18)22(24)25/h2-9,16,20H,10-13H2,1H3. The van der Waals surface area contributed by atoms with Crippen LogP contribution >= 0.6 is 0 Å². The van der Waals surface area contributed by atoms with Gasteiger partial charge in [-0.25, -0.2) is 13.1 Å². The fourth-order valence-corrected chi connectivity index (χ4v) is 4.42. The number of aryl methyl sites for hydroxylation is 1. The van der Waals surface area contributed by atoms with Gasteiger partial charge in [0.1, 0.15) is 0 Å². The molecule has 0 saturated carbocycles. The Labute approximate surface area is 163 Å². The van der Waals surface area contributed by atoms with Crippen molar-refractivity contribution < 1.29 is 18.1 Å². The lowest BCUT2D eigenvalue weighted by Crippen LogP contribution is -2.46. The molecule has 28 heavy (non-hydrogen) atoms. The van der Waals surface area contributed by atoms with E-state index in [1.54, 1.807) is 17.0 Å². The molecule has 1 aliphatic heterocycles. The van der Waals surface area contributed by atoms with Crippen LogP contribution in [-0.2, 0) is 10.0 Å². The Balaban J connectivity index is 1.59. The Morgan fingerprint density at radius 2 is 1.64 bits per heavy atom. The van der Waals surface area contributed by atoms with Gasteiger partial charge in [0.15, 0.2) is 0 Å². The number of carbonyl (C=O) groups excluding carboxylic acids is 1. The number of amides is 1. The summed E-state index contributed by atoms with van der Waals surface area (Å²) in [6.45, 7) is 2.87. The number of rotatable bonds is 5. The third kappa shape index (κ3) is 4.55. The molecule has 0 bridgehead atoms. The van der Waals surface area contributed by atoms with E-state index in [0.29, 0.717) is 31.5 Å². The van der Waals surface area contributed by atoms with Crippen molar-refractivity contribution in [2.24, 2.45) is 0 Å². The second kappa shape index (κ2) is 8.07. The molecule has 8 nitrogen and oxygen atoms in total. The Morgan fingerprint density at radius 1 is 1.07 bits per heavy atom. The third-order valence-electron chi connectivity index (χ3n) is 4.76. The number of nitro groups is 1. The molecule has 0 aromatic heterocycles. The van der Waals surface area contributed by atoms with Gasteiger partial charge in [-0.3, -0.25) is 14.9 Å². The molecule has 3 rings (SSSR count). The van der Waals surface area contributed by atoms with Crippen molar-refractivity contribution in [3.8, 4) is 0 Å². The van der Waals surface area contributed by atoms with Gasteiger partial charge in [-0.05, 0) is 44.0 Å². The second-order valence-corrected chi connectivity index (χ2v) is 8.52. The van der Waals surface area contributed by atoms with Gasteiger partial charge in [-0.2, -0.15) is 0 Å². The van der Waals surface area contributed by atoms with E-state index in [1.165, 1.54) is 12.1 Å². The lowest BCUT2D eigenvalue weighted by molar-refractivity contribution is -0.384. The molecule has 1 heterocycles. The molecule has 1 amide bonds. The van der Waals surface area contributed by atoms with Crippen LogP contribution in [0.4, 0.5) is 5.69 Å². The van der Waals surface area contributed by atoms with Crippen LogP contribution in [-0.4, -0.2) is 43.3 Å². The molecule has 1 aliphatic rings. The minimum Gasteiger partial charge on any atom is -0.339 e. The molecule has 2 aromatic carbocycles. The number of nitrogens with zero attached hydrogens (tertiary/aromatic N) is 2. The summed E-state index contributed by atoms with van der Waals surface area (Å²) in [5, 5.41) is 10.7. The van der Waals surface area contributed by atoms with Crippen molar-refractivity contribution in [1.29, 1.82) is 0 Å². The van der Waals surface area contributed by atoms with E-state index in [0.717, 1.165) is 17.7 Å². The largest absolute Gasteiger partial charge is 0.339 e. The average molecular weight is 403 g/mol. The van der Waals surface area contributed by atoms with E-state index in [4.69, 9.17) is 0 Å². The van der Waals surface area contributed by atoms with Gasteiger partial charge >= 0.3 is 0 Å². The Morgan fingerprint density at radius 3 is 2.18 bits per heavy atom. The maximum absolute atomic E-state index is 12.5. The number of hydrogen-bond acceptors (Lipinski definition) is 5. The maximum atomic E-state index is 12.5. The van der Waals surface area contributed by atoms with Gasteiger partial charge in [0.2, 0.25) is 10.0 Å². The van der Waals surface area contributed by atoms with E-state index in [1.807, 2.05) is 19.1 Å². The molecule has 0 spiro atoms. The SMILES string of the molecule is Cc1ccc(C(=O)N2CCC(NS(=O)(=O)c3ccc([N+](=O)[O-])cc3)CC2)cc1. The lowest BCUT2D eigenvalue weighted by Gasteiger charge is -2.32. The molecule has 0 radical (unpaired) electrons. The van der Waals surface area contributed by atoms with Crippen molar-refractivity contribution >= 4 is 21.6 Å². The smallest absolute Gasteiger partial charge is 0.269 e. The van der Waals surface area contributed by atoms with Gasteiger partial charge in [0.25, 0.3) is 11.6 Å². The summed E-state index contributed by atoms with van der Waals surface area (Å²) in [5.74, 6) is -0.0586. The normalized spacial score (nSPS) is 15.4. The first-order chi connectivity index (χ1) is 13.3. The molecule has 148 valence electrons. The third-order valence-corrected chi connectivity index (χ3v) is 6.30. The van der Waals surface area contributed by atoms with Gasteiger partial charge < -0.3 is 4.90 Å². The molecule has 1 saturated heterocycles. The zero-order valence-electron chi connectivity index (χ0n) is 15.4. The molecule has 0 unspecified atom stereocenters. The topological polar surface area (TPSA) is 110 Å². The van der Waals surface area contributed by atoms with Crippen LogP contribution in [0.25, 0.3) is 0 Å². The quantitative estimate of drug-likeness (QED) is 0.609. The number of nitrogens with one attached hydrogen (secondary N) is 1. The first-order valence-corrected chi connectivity index (χ1v) is 10.4. The number of sulfonamides is 1. The van der Waals surface area contributed by atoms with Crippen LogP contribution in [0, 0.1) is 17.0 Å². The van der Waals surface area contributed by atoms with Crippen LogP contribution < -0.4 is 4.72 Å². The number of non-ortho nitro benzene ring substituents is 1. The van der Waals surface area contributed by atoms with Crippen LogP contribution in [0.1, 0.15) is 28.8 Å². The maximum Gasteiger partial charge on any atom is 0.269 e. The molecule has 1 fully saturated rings. The molecule has 2 aromatic rings. The van der Waals surface area contributed by atoms with Crippen molar-refractivity contribution in [3.63, 3.8) is 0 Å². The fraction of sp³-hybridized carbons (Fsp3) is 0.316. The summed E-state index contributed by atoms with van der Waals surface area (Å²) < 4.78 is 27.6. The Bertz CT molecular complexity index is 964. The number of benzene rings is 2. The number of hydrogen-bond donors (Lipinski definition) is 1. The van der Waals surface area contributed by atoms with Gasteiger partial charge in [-0.15, -0.1) is 0 Å². The highest BCUT2D eigenvalue weighted by atomic mass is 32.2. The van der Waals surface area contributed by atoms with E-state index in [2.05, 4.69) is 4.72 Å². The number of piperidine rings is 1. The number of carbonyl (C=O) groups is 1. The highest BCUT2D eigenvalue weighted by Gasteiger charge is 2.27. The van der Waals surface area contributed by atoms with Crippen LogP contribution in [0.5, 0.6) is 0 Å². The first kappa shape index (κ1) is 20.0. The zero-order chi connectivity index (χ0) is 20.3. The summed E-state index contributed by atoms with van der Waals surface area (Å²) in [6.07, 6.45) is 1.01. The Hall–Kier alpha value is -2.78. The van der Waals surface area contributed by atoms with E-state index in [-0.39, 0.29) is 22.5 Å². The highest BCUT2D eigenvalue weighted by Crippen LogP contribution is 2.19. The molecular formula is C19H21N3O5S. The van der Waals surface area contributed by atoms with E-state index < -0.39 is 14.9 Å². The summed E-state index contributed by atoms with van der Waals surface area (Å²) in [5.41, 5.74) is 1.54. The number of likely N-dealkylation sites (tertiary alicyclic amines) is 1. The summed E-state index contributed by atoms with van der Waals surface area (Å²) in [7, 11) is -3.77. The van der Waals surface area contributed by atoms with Crippen molar-refractivity contribution in [3.05, 3.63) is 69.8 Å². The minimum atomic E-state index is -3.77. The molecular weight excluding hydrogens is 382 g/mol. The first-order valence-electron chi connectivity index (χ1n) is 8.89. The van der Waals surface area contributed by atoms with Crippen LogP contribution in [0.2, 0.25) is 0 Å². The van der Waals surface area contributed by atoms with Crippen molar-refractivity contribution in [2.45, 2.75) is 30.7 Å². The summed E-state index contributed by atoms with van der Waals surface area (Å²) >= 11 is 0. The van der Waals surface area contributed by atoms with Gasteiger partial charge in [0, 0.05) is 36.8 Å². The van der Waals surface area contributed by atoms with Gasteiger partial charge in [0.05, 0.1) is 9.82 Å². The van der Waals surface area contributed by atoms with Gasteiger partial charge in [-0.1, -0.05) is 17.7 Å². The summed E-state index contributed by atoms with van der Waals surface area (Å²) in [6, 6.07) is 11.8. The van der Waals surface area contributed by atoms with Crippen molar-refractivity contribution in [1.82, 2.24) is 9.62 Å². The predicted octanol–water partition coefficient (Wildman–Crippen LogP) is 2.49. The number of nitro benzene ring substituents is 1. The van der Waals surface area contributed by atoms with Crippen LogP contribution in [0.3, 0.4) is 0 Å². The minimum absolute atomic E-state index is 0.0174. The van der Waals surface area contributed by atoms with Crippen molar-refractivity contribution in [2.75, 3.05) is 13.1 Å². The van der Waals surface area contributed by atoms with E-state index >= 15 is 0 Å². The molecule has 1 N–H and O–H groups in total. The second-order valence-electron chi connectivity index (χ2n) is 6.80. The molecule has 0 atom stereocenters. The van der Waals surface area contributed by atoms with Crippen LogP contribution in [0.15, 0.2) is 53.4 Å². The Kier molecular flexibility index (Phi) is 5.76. The molecule has 9 heteroatoms. The lowest BCUT2D eigenvalue weighted by atomic mass is 10.0.